The van der Waals surface area contributed by atoms with Gasteiger partial charge in [-0.25, -0.2) is 4.98 Å². The Bertz CT molecular complexity index is 1280. The molecule has 0 bridgehead atoms. The number of hydrogen-bond acceptors (Lipinski definition) is 6. The van der Waals surface area contributed by atoms with E-state index in [2.05, 4.69) is 43.9 Å². The molecule has 0 radical (unpaired) electrons. The van der Waals surface area contributed by atoms with Gasteiger partial charge in [0.1, 0.15) is 4.90 Å². The largest absolute Gasteiger partial charge is 0.367 e. The molecular weight excluding hydrogens is 444 g/mol. The molecule has 2 aromatic carbocycles. The Morgan fingerprint density at radius 2 is 1.68 bits per heavy atom. The fourth-order valence-electron chi connectivity index (χ4n) is 4.18. The molecular formula is C26H28N6OS. The molecule has 2 aromatic heterocycles. The number of para-hydroxylation sites is 1. The van der Waals surface area contributed by atoms with E-state index in [-0.39, 0.29) is 5.56 Å². The number of benzene rings is 2. The number of thioether (sulfide) groups is 1. The smallest absolute Gasteiger partial charge is 0.287 e. The average Bonchev–Trinajstić information content (AvgIpc) is 3.29. The van der Waals surface area contributed by atoms with Crippen LogP contribution in [-0.2, 0) is 12.3 Å². The summed E-state index contributed by atoms with van der Waals surface area (Å²) in [5.41, 5.74) is 5.04. The Kier molecular flexibility index (Phi) is 6.78. The number of nitrogens with zero attached hydrogens (tertiary/aromatic N) is 5. The van der Waals surface area contributed by atoms with Crippen LogP contribution in [0.2, 0.25) is 0 Å². The summed E-state index contributed by atoms with van der Waals surface area (Å²) < 4.78 is 1.51. The van der Waals surface area contributed by atoms with Crippen LogP contribution in [0.25, 0.3) is 5.69 Å². The Hall–Kier alpha value is -3.36. The number of aromatic nitrogens is 4. The van der Waals surface area contributed by atoms with E-state index in [0.29, 0.717) is 0 Å². The van der Waals surface area contributed by atoms with Crippen LogP contribution in [0.1, 0.15) is 17.0 Å². The standard InChI is InChI=1S/C26H28N6OS/c1-20-23(28-19-27-20)17-30-12-14-31(15-13-30)24-16-29-32(22-10-6-3-7-11-22)26(33)25(24)34-18-21-8-4-2-5-9-21/h2-11,16,19H,12-15,17-18H2,1H3,(H,27,28). The van der Waals surface area contributed by atoms with Crippen molar-refractivity contribution < 1.29 is 0 Å². The zero-order valence-electron chi connectivity index (χ0n) is 19.2. The molecule has 0 atom stereocenters. The molecule has 34 heavy (non-hydrogen) atoms. The normalized spacial score (nSPS) is 14.4. The van der Waals surface area contributed by atoms with Crippen molar-refractivity contribution >= 4 is 17.4 Å². The van der Waals surface area contributed by atoms with Crippen molar-refractivity contribution in [1.29, 1.82) is 0 Å². The lowest BCUT2D eigenvalue weighted by Gasteiger charge is -2.36. The number of anilines is 1. The fourth-order valence-corrected chi connectivity index (χ4v) is 5.22. The number of piperazine rings is 1. The number of imidazole rings is 1. The Morgan fingerprint density at radius 3 is 2.35 bits per heavy atom. The van der Waals surface area contributed by atoms with Crippen molar-refractivity contribution in [3.8, 4) is 5.69 Å². The number of aromatic amines is 1. The van der Waals surface area contributed by atoms with E-state index >= 15 is 0 Å². The molecule has 0 aliphatic carbocycles. The van der Waals surface area contributed by atoms with Crippen LogP contribution in [0, 0.1) is 6.92 Å². The first kappa shape index (κ1) is 22.4. The summed E-state index contributed by atoms with van der Waals surface area (Å²) in [7, 11) is 0. The van der Waals surface area contributed by atoms with Crippen molar-refractivity contribution in [2.24, 2.45) is 0 Å². The van der Waals surface area contributed by atoms with Gasteiger partial charge in [-0.2, -0.15) is 9.78 Å². The first-order valence-corrected chi connectivity index (χ1v) is 12.5. The summed E-state index contributed by atoms with van der Waals surface area (Å²) >= 11 is 1.59. The van der Waals surface area contributed by atoms with Gasteiger partial charge in [0.2, 0.25) is 0 Å². The average molecular weight is 473 g/mol. The van der Waals surface area contributed by atoms with Crippen molar-refractivity contribution in [3.63, 3.8) is 0 Å². The number of nitrogens with one attached hydrogen (secondary N) is 1. The van der Waals surface area contributed by atoms with Crippen LogP contribution < -0.4 is 10.5 Å². The second kappa shape index (κ2) is 10.3. The molecule has 8 heteroatoms. The minimum absolute atomic E-state index is 0.0702. The molecule has 1 aliphatic heterocycles. The Labute approximate surface area is 203 Å². The van der Waals surface area contributed by atoms with E-state index in [1.807, 2.05) is 54.7 Å². The molecule has 0 unspecified atom stereocenters. The molecule has 4 aromatic rings. The van der Waals surface area contributed by atoms with E-state index in [1.54, 1.807) is 18.1 Å². The molecule has 1 fully saturated rings. The molecule has 3 heterocycles. The van der Waals surface area contributed by atoms with E-state index in [4.69, 9.17) is 0 Å². The molecule has 0 amide bonds. The highest BCUT2D eigenvalue weighted by Crippen LogP contribution is 2.30. The van der Waals surface area contributed by atoms with Crippen molar-refractivity contribution in [2.45, 2.75) is 24.1 Å². The predicted molar refractivity (Wildman–Crippen MR) is 137 cm³/mol. The highest BCUT2D eigenvalue weighted by Gasteiger charge is 2.23. The van der Waals surface area contributed by atoms with Crippen LogP contribution in [0.4, 0.5) is 5.69 Å². The second-order valence-electron chi connectivity index (χ2n) is 8.42. The molecule has 7 nitrogen and oxygen atoms in total. The lowest BCUT2D eigenvalue weighted by Crippen LogP contribution is -2.46. The summed E-state index contributed by atoms with van der Waals surface area (Å²) in [6, 6.07) is 19.9. The SMILES string of the molecule is Cc1[nH]cnc1CN1CCN(c2cnn(-c3ccccc3)c(=O)c2SCc2ccccc2)CC1. The van der Waals surface area contributed by atoms with Gasteiger partial charge in [0.15, 0.2) is 0 Å². The monoisotopic (exact) mass is 472 g/mol. The summed E-state index contributed by atoms with van der Waals surface area (Å²) in [5.74, 6) is 0.736. The molecule has 5 rings (SSSR count). The summed E-state index contributed by atoms with van der Waals surface area (Å²) in [6.45, 7) is 6.42. The van der Waals surface area contributed by atoms with Gasteiger partial charge < -0.3 is 9.88 Å². The van der Waals surface area contributed by atoms with Gasteiger partial charge in [0, 0.05) is 44.2 Å². The minimum atomic E-state index is -0.0702. The fraction of sp³-hybridized carbons (Fsp3) is 0.269. The van der Waals surface area contributed by atoms with Gasteiger partial charge in [0.05, 0.1) is 29.6 Å². The lowest BCUT2D eigenvalue weighted by atomic mass is 10.2. The van der Waals surface area contributed by atoms with Crippen molar-refractivity contribution in [3.05, 3.63) is 100 Å². The highest BCUT2D eigenvalue weighted by molar-refractivity contribution is 7.98. The van der Waals surface area contributed by atoms with Crippen LogP contribution in [-0.4, -0.2) is 50.8 Å². The van der Waals surface area contributed by atoms with Crippen LogP contribution in [0.5, 0.6) is 0 Å². The topological polar surface area (TPSA) is 70.1 Å². The number of hydrogen-bond donors (Lipinski definition) is 1. The Morgan fingerprint density at radius 1 is 0.971 bits per heavy atom. The maximum Gasteiger partial charge on any atom is 0.287 e. The van der Waals surface area contributed by atoms with E-state index < -0.39 is 0 Å². The third kappa shape index (κ3) is 4.93. The first-order chi connectivity index (χ1) is 16.7. The predicted octanol–water partition coefficient (Wildman–Crippen LogP) is 3.88. The van der Waals surface area contributed by atoms with Crippen LogP contribution >= 0.6 is 11.8 Å². The van der Waals surface area contributed by atoms with Crippen molar-refractivity contribution in [1.82, 2.24) is 24.6 Å². The summed E-state index contributed by atoms with van der Waals surface area (Å²) in [5, 5.41) is 4.55. The quantitative estimate of drug-likeness (QED) is 0.412. The molecule has 1 saturated heterocycles. The zero-order valence-corrected chi connectivity index (χ0v) is 20.0. The van der Waals surface area contributed by atoms with Gasteiger partial charge in [-0.1, -0.05) is 48.5 Å². The van der Waals surface area contributed by atoms with Crippen LogP contribution in [0.3, 0.4) is 0 Å². The molecule has 1 aliphatic rings. The highest BCUT2D eigenvalue weighted by atomic mass is 32.2. The summed E-state index contributed by atoms with van der Waals surface area (Å²) in [6.07, 6.45) is 3.61. The third-order valence-electron chi connectivity index (χ3n) is 6.16. The zero-order chi connectivity index (χ0) is 23.3. The van der Waals surface area contributed by atoms with Gasteiger partial charge in [-0.05, 0) is 24.6 Å². The molecule has 0 saturated carbocycles. The van der Waals surface area contributed by atoms with Gasteiger partial charge in [-0.15, -0.1) is 11.8 Å². The Balaban J connectivity index is 1.39. The maximum absolute atomic E-state index is 13.6. The van der Waals surface area contributed by atoms with E-state index in [0.717, 1.165) is 66.1 Å². The lowest BCUT2D eigenvalue weighted by molar-refractivity contribution is 0.246. The number of rotatable bonds is 7. The number of H-pyrrole nitrogens is 1. The van der Waals surface area contributed by atoms with Gasteiger partial charge >= 0.3 is 0 Å². The third-order valence-corrected chi connectivity index (χ3v) is 7.31. The maximum atomic E-state index is 13.6. The molecule has 1 N–H and O–H groups in total. The van der Waals surface area contributed by atoms with E-state index in [1.165, 1.54) is 10.2 Å². The minimum Gasteiger partial charge on any atom is -0.367 e. The van der Waals surface area contributed by atoms with E-state index in [9.17, 15) is 4.79 Å². The molecule has 174 valence electrons. The van der Waals surface area contributed by atoms with Gasteiger partial charge in [-0.3, -0.25) is 9.69 Å². The molecule has 0 spiro atoms. The second-order valence-corrected chi connectivity index (χ2v) is 9.41. The summed E-state index contributed by atoms with van der Waals surface area (Å²) in [4.78, 5) is 26.6. The van der Waals surface area contributed by atoms with Gasteiger partial charge in [0.25, 0.3) is 5.56 Å². The first-order valence-electron chi connectivity index (χ1n) is 11.5. The van der Waals surface area contributed by atoms with Crippen molar-refractivity contribution in [2.75, 3.05) is 31.1 Å². The van der Waals surface area contributed by atoms with Crippen LogP contribution in [0.15, 0.2) is 82.9 Å². The number of aryl methyl sites for hydroxylation is 1.